The zero-order valence-electron chi connectivity index (χ0n) is 17.3. The predicted octanol–water partition coefficient (Wildman–Crippen LogP) is 3.34. The molecule has 0 fully saturated rings. The average molecular weight is 531 g/mol. The van der Waals surface area contributed by atoms with Crippen LogP contribution in [0.1, 0.15) is 22.3 Å². The van der Waals surface area contributed by atoms with E-state index in [2.05, 4.69) is 50.2 Å². The number of halogens is 1. The van der Waals surface area contributed by atoms with Crippen molar-refractivity contribution in [2.75, 3.05) is 25.1 Å². The topological polar surface area (TPSA) is 71.8 Å². The Bertz CT molecular complexity index is 1190. The molecule has 7 nitrogen and oxygen atoms in total. The number of methoxy groups -OCH3 is 1. The summed E-state index contributed by atoms with van der Waals surface area (Å²) < 4.78 is 7.64. The molecule has 2 amide bonds. The van der Waals surface area contributed by atoms with Crippen LogP contribution in [0.15, 0.2) is 48.7 Å². The monoisotopic (exact) mass is 531 g/mol. The molecule has 0 bridgehead atoms. The van der Waals surface area contributed by atoms with Crippen molar-refractivity contribution in [2.24, 2.45) is 7.05 Å². The predicted molar refractivity (Wildman–Crippen MR) is 126 cm³/mol. The number of esters is 1. The van der Waals surface area contributed by atoms with Crippen LogP contribution in [-0.2, 0) is 27.9 Å². The van der Waals surface area contributed by atoms with Crippen LogP contribution in [0.4, 0.5) is 5.69 Å². The van der Waals surface area contributed by atoms with Crippen molar-refractivity contribution in [3.05, 3.63) is 63.4 Å². The highest BCUT2D eigenvalue weighted by Crippen LogP contribution is 2.30. The molecule has 0 spiro atoms. The quantitative estimate of drug-likeness (QED) is 0.287. The van der Waals surface area contributed by atoms with Gasteiger partial charge < -0.3 is 14.2 Å². The molecule has 0 saturated heterocycles. The Kier molecular flexibility index (Phi) is 5.99. The van der Waals surface area contributed by atoms with Crippen LogP contribution >= 0.6 is 22.6 Å². The van der Waals surface area contributed by atoms with Crippen molar-refractivity contribution in [3.8, 4) is 0 Å². The molecule has 0 unspecified atom stereocenters. The molecular weight excluding hydrogens is 509 g/mol. The highest BCUT2D eigenvalue weighted by molar-refractivity contribution is 14.1. The molecular formula is C23H22IN3O4. The van der Waals surface area contributed by atoms with E-state index in [1.807, 2.05) is 36.2 Å². The summed E-state index contributed by atoms with van der Waals surface area (Å²) in [6.07, 6.45) is 2.03. The lowest BCUT2D eigenvalue weighted by Crippen LogP contribution is -2.41. The van der Waals surface area contributed by atoms with E-state index in [1.54, 1.807) is 6.07 Å². The first-order chi connectivity index (χ1) is 14.9. The Morgan fingerprint density at radius 2 is 1.94 bits per heavy atom. The third-order valence-corrected chi connectivity index (χ3v) is 6.18. The van der Waals surface area contributed by atoms with Crippen LogP contribution in [0.3, 0.4) is 0 Å². The maximum absolute atomic E-state index is 13.2. The van der Waals surface area contributed by atoms with Crippen molar-refractivity contribution < 1.29 is 19.1 Å². The fourth-order valence-electron chi connectivity index (χ4n) is 3.98. The number of nitrogens with zero attached hydrogens (tertiary/aromatic N) is 3. The minimum atomic E-state index is -0.458. The van der Waals surface area contributed by atoms with E-state index >= 15 is 0 Å². The molecule has 0 atom stereocenters. The van der Waals surface area contributed by atoms with Gasteiger partial charge in [0, 0.05) is 40.8 Å². The number of hydrogen-bond acceptors (Lipinski definition) is 5. The van der Waals surface area contributed by atoms with Gasteiger partial charge in [-0.1, -0.05) is 18.2 Å². The standard InChI is InChI=1S/C23H22IN3O4/c1-25-12-15(17-5-3-4-6-19(17)25)13-26-14-21(28)27(10-9-22(29)31-2)23(30)18-11-16(24)7-8-20(18)26/h3-8,11-12H,9-10,13-14H2,1-2H3. The Morgan fingerprint density at radius 3 is 2.71 bits per heavy atom. The van der Waals surface area contributed by atoms with E-state index < -0.39 is 5.97 Å². The summed E-state index contributed by atoms with van der Waals surface area (Å²) in [6.45, 7) is 0.528. The molecule has 1 aliphatic rings. The SMILES string of the molecule is COC(=O)CCN1C(=O)CN(Cc2cn(C)c3ccccc23)c2ccc(I)cc2C1=O. The van der Waals surface area contributed by atoms with Crippen LogP contribution in [0.25, 0.3) is 10.9 Å². The largest absolute Gasteiger partial charge is 0.469 e. The van der Waals surface area contributed by atoms with Crippen LogP contribution in [0, 0.1) is 3.57 Å². The molecule has 1 aromatic heterocycles. The van der Waals surface area contributed by atoms with Gasteiger partial charge in [-0.25, -0.2) is 0 Å². The highest BCUT2D eigenvalue weighted by atomic mass is 127. The third-order valence-electron chi connectivity index (χ3n) is 5.51. The van der Waals surface area contributed by atoms with E-state index in [0.717, 1.165) is 24.9 Å². The van der Waals surface area contributed by atoms with Gasteiger partial charge in [-0.2, -0.15) is 0 Å². The summed E-state index contributed by atoms with van der Waals surface area (Å²) in [4.78, 5) is 41.0. The summed E-state index contributed by atoms with van der Waals surface area (Å²) in [5.41, 5.74) is 3.36. The van der Waals surface area contributed by atoms with Crippen molar-refractivity contribution in [1.29, 1.82) is 0 Å². The third kappa shape index (κ3) is 4.16. The second-order valence-electron chi connectivity index (χ2n) is 7.48. The number of carbonyl (C=O) groups excluding carboxylic acids is 3. The summed E-state index contributed by atoms with van der Waals surface area (Å²) >= 11 is 2.15. The van der Waals surface area contributed by atoms with E-state index in [4.69, 9.17) is 0 Å². The minimum absolute atomic E-state index is 0.00262. The van der Waals surface area contributed by atoms with Crippen molar-refractivity contribution in [3.63, 3.8) is 0 Å². The van der Waals surface area contributed by atoms with Gasteiger partial charge in [-0.15, -0.1) is 0 Å². The average Bonchev–Trinajstić information content (AvgIpc) is 3.03. The molecule has 160 valence electrons. The van der Waals surface area contributed by atoms with Crippen LogP contribution in [0.2, 0.25) is 0 Å². The van der Waals surface area contributed by atoms with E-state index in [9.17, 15) is 14.4 Å². The fraction of sp³-hybridized carbons (Fsp3) is 0.261. The van der Waals surface area contributed by atoms with Gasteiger partial charge in [0.05, 0.1) is 31.3 Å². The Morgan fingerprint density at radius 1 is 1.16 bits per heavy atom. The number of para-hydroxylation sites is 1. The summed E-state index contributed by atoms with van der Waals surface area (Å²) in [5.74, 6) is -1.18. The molecule has 0 aliphatic carbocycles. The zero-order chi connectivity index (χ0) is 22.1. The Balaban J connectivity index is 1.72. The molecule has 31 heavy (non-hydrogen) atoms. The Hall–Kier alpha value is -2.88. The number of carbonyl (C=O) groups is 3. The van der Waals surface area contributed by atoms with Gasteiger partial charge in [0.1, 0.15) is 0 Å². The second-order valence-corrected chi connectivity index (χ2v) is 8.72. The lowest BCUT2D eigenvalue weighted by atomic mass is 10.1. The summed E-state index contributed by atoms with van der Waals surface area (Å²) in [6, 6.07) is 13.7. The number of aryl methyl sites for hydroxylation is 1. The molecule has 0 N–H and O–H groups in total. The number of benzene rings is 2. The smallest absolute Gasteiger partial charge is 0.307 e. The van der Waals surface area contributed by atoms with Crippen molar-refractivity contribution in [1.82, 2.24) is 9.47 Å². The first kappa shape index (κ1) is 21.4. The maximum atomic E-state index is 13.2. The number of imide groups is 1. The van der Waals surface area contributed by atoms with Crippen molar-refractivity contribution >= 4 is 57.0 Å². The molecule has 0 saturated carbocycles. The number of hydrogen-bond donors (Lipinski definition) is 0. The lowest BCUT2D eigenvalue weighted by molar-refractivity contribution is -0.141. The zero-order valence-corrected chi connectivity index (χ0v) is 19.5. The fourth-order valence-corrected chi connectivity index (χ4v) is 4.47. The number of rotatable bonds is 5. The number of ether oxygens (including phenoxy) is 1. The van der Waals surface area contributed by atoms with Gasteiger partial charge >= 0.3 is 5.97 Å². The second kappa shape index (κ2) is 8.70. The summed E-state index contributed by atoms with van der Waals surface area (Å²) in [5, 5.41) is 1.11. The first-order valence-electron chi connectivity index (χ1n) is 9.88. The molecule has 0 radical (unpaired) electrons. The molecule has 8 heteroatoms. The van der Waals surface area contributed by atoms with Gasteiger partial charge in [0.2, 0.25) is 5.91 Å². The van der Waals surface area contributed by atoms with E-state index in [-0.39, 0.29) is 31.3 Å². The molecule has 2 heterocycles. The maximum Gasteiger partial charge on any atom is 0.307 e. The minimum Gasteiger partial charge on any atom is -0.469 e. The van der Waals surface area contributed by atoms with Gasteiger partial charge in [-0.05, 0) is 52.4 Å². The van der Waals surface area contributed by atoms with E-state index in [1.165, 1.54) is 7.11 Å². The molecule has 4 rings (SSSR count). The molecule has 1 aliphatic heterocycles. The first-order valence-corrected chi connectivity index (χ1v) is 11.0. The number of aromatic nitrogens is 1. The highest BCUT2D eigenvalue weighted by Gasteiger charge is 2.32. The lowest BCUT2D eigenvalue weighted by Gasteiger charge is -2.23. The van der Waals surface area contributed by atoms with Crippen molar-refractivity contribution in [2.45, 2.75) is 13.0 Å². The van der Waals surface area contributed by atoms with Gasteiger partial charge in [0.15, 0.2) is 0 Å². The number of amides is 2. The summed E-state index contributed by atoms with van der Waals surface area (Å²) in [7, 11) is 3.28. The van der Waals surface area contributed by atoms with Gasteiger partial charge in [0.25, 0.3) is 5.91 Å². The molecule has 2 aromatic carbocycles. The van der Waals surface area contributed by atoms with Crippen LogP contribution in [0.5, 0.6) is 0 Å². The van der Waals surface area contributed by atoms with Gasteiger partial charge in [-0.3, -0.25) is 19.3 Å². The number of anilines is 1. The van der Waals surface area contributed by atoms with Crippen LogP contribution in [-0.4, -0.2) is 47.4 Å². The molecule has 3 aromatic rings. The van der Waals surface area contributed by atoms with Crippen LogP contribution < -0.4 is 4.90 Å². The Labute approximate surface area is 193 Å². The normalized spacial score (nSPS) is 14.0. The van der Waals surface area contributed by atoms with E-state index in [0.29, 0.717) is 17.8 Å². The number of fused-ring (bicyclic) bond motifs is 2.